The molecule has 70 valence electrons. The van der Waals surface area contributed by atoms with Crippen LogP contribution in [0.25, 0.3) is 0 Å². The molecule has 0 aromatic rings. The van der Waals surface area contributed by atoms with E-state index >= 15 is 0 Å². The summed E-state index contributed by atoms with van der Waals surface area (Å²) in [6.45, 7) is 0.404. The average Bonchev–Trinajstić information content (AvgIpc) is 2.30. The minimum absolute atomic E-state index is 0.0836. The van der Waals surface area contributed by atoms with Crippen molar-refractivity contribution in [1.82, 2.24) is 0 Å². The van der Waals surface area contributed by atoms with Gasteiger partial charge in [-0.1, -0.05) is 0 Å². The number of nitrogens with two attached hydrogens (primary N) is 1. The Balaban J connectivity index is 2.35. The van der Waals surface area contributed by atoms with E-state index in [4.69, 9.17) is 10.5 Å². The summed E-state index contributed by atoms with van der Waals surface area (Å²) in [5.74, 6) is 0.137. The van der Waals surface area contributed by atoms with E-state index in [2.05, 4.69) is 4.99 Å². The van der Waals surface area contributed by atoms with Gasteiger partial charge in [-0.15, -0.1) is 0 Å². The highest BCUT2D eigenvalue weighted by molar-refractivity contribution is 7.90. The van der Waals surface area contributed by atoms with Gasteiger partial charge in [-0.25, -0.2) is 13.4 Å². The molecule has 5 nitrogen and oxygen atoms in total. The lowest BCUT2D eigenvalue weighted by molar-refractivity contribution is 0.311. The van der Waals surface area contributed by atoms with Crippen LogP contribution in [0.3, 0.4) is 0 Å². The third-order valence-electron chi connectivity index (χ3n) is 1.56. The van der Waals surface area contributed by atoms with E-state index in [1.807, 2.05) is 0 Å². The van der Waals surface area contributed by atoms with E-state index in [9.17, 15) is 8.42 Å². The van der Waals surface area contributed by atoms with Gasteiger partial charge in [0.15, 0.2) is 0 Å². The quantitative estimate of drug-likeness (QED) is 0.630. The maximum Gasteiger partial charge on any atom is 0.282 e. The topological polar surface area (TPSA) is 81.8 Å². The molecule has 0 unspecified atom stereocenters. The minimum Gasteiger partial charge on any atom is -0.463 e. The van der Waals surface area contributed by atoms with Gasteiger partial charge in [0, 0.05) is 6.26 Å². The maximum absolute atomic E-state index is 10.7. The summed E-state index contributed by atoms with van der Waals surface area (Å²) in [5, 5.41) is 0. The van der Waals surface area contributed by atoms with Crippen LogP contribution >= 0.6 is 0 Å². The van der Waals surface area contributed by atoms with Crippen LogP contribution in [0, 0.1) is 0 Å². The number of rotatable bonds is 3. The molecule has 0 bridgehead atoms. The minimum atomic E-state index is -2.89. The Bertz CT molecular complexity index is 283. The standard InChI is InChI=1S/C6H12N2O3S/c1-12(9,10)3-2-5-4-11-6(7)8-5/h5H,2-4H2,1H3,(H2,7,8)/t5-/m0/s1. The summed E-state index contributed by atoms with van der Waals surface area (Å²) < 4.78 is 26.4. The van der Waals surface area contributed by atoms with Gasteiger partial charge in [0.05, 0.1) is 11.8 Å². The van der Waals surface area contributed by atoms with Crippen LogP contribution in [0.4, 0.5) is 0 Å². The fraction of sp³-hybridized carbons (Fsp3) is 0.833. The Morgan fingerprint density at radius 2 is 2.42 bits per heavy atom. The summed E-state index contributed by atoms with van der Waals surface area (Å²) >= 11 is 0. The van der Waals surface area contributed by atoms with Crippen molar-refractivity contribution in [2.45, 2.75) is 12.5 Å². The zero-order chi connectivity index (χ0) is 9.19. The van der Waals surface area contributed by atoms with Crippen LogP contribution in [0.2, 0.25) is 0 Å². The van der Waals surface area contributed by atoms with E-state index in [-0.39, 0.29) is 17.8 Å². The molecule has 0 saturated heterocycles. The lowest BCUT2D eigenvalue weighted by Gasteiger charge is -2.01. The normalized spacial score (nSPS) is 23.4. The first-order valence-corrected chi connectivity index (χ1v) is 5.67. The van der Waals surface area contributed by atoms with Crippen molar-refractivity contribution in [2.24, 2.45) is 10.7 Å². The van der Waals surface area contributed by atoms with E-state index < -0.39 is 9.84 Å². The summed E-state index contributed by atoms with van der Waals surface area (Å²) in [4.78, 5) is 3.90. The van der Waals surface area contributed by atoms with Crippen LogP contribution in [-0.4, -0.2) is 39.1 Å². The fourth-order valence-electron chi connectivity index (χ4n) is 0.934. The SMILES string of the molecule is CS(=O)(=O)CC[C@H]1COC(N)=N1. The maximum atomic E-state index is 10.7. The Kier molecular flexibility index (Phi) is 2.56. The lowest BCUT2D eigenvalue weighted by Crippen LogP contribution is -2.13. The molecule has 1 atom stereocenters. The molecule has 0 saturated carbocycles. The molecule has 1 aliphatic rings. The lowest BCUT2D eigenvalue weighted by atomic mass is 10.3. The molecule has 0 fully saturated rings. The van der Waals surface area contributed by atoms with Gasteiger partial charge < -0.3 is 10.5 Å². The zero-order valence-corrected chi connectivity index (χ0v) is 7.67. The van der Waals surface area contributed by atoms with Crippen LogP contribution < -0.4 is 5.73 Å². The highest BCUT2D eigenvalue weighted by atomic mass is 32.2. The van der Waals surface area contributed by atoms with Crippen molar-refractivity contribution in [3.05, 3.63) is 0 Å². The second kappa shape index (κ2) is 3.30. The first-order chi connectivity index (χ1) is 5.47. The van der Waals surface area contributed by atoms with Crippen molar-refractivity contribution in [3.8, 4) is 0 Å². The molecular weight excluding hydrogens is 180 g/mol. The zero-order valence-electron chi connectivity index (χ0n) is 6.86. The van der Waals surface area contributed by atoms with Crippen LogP contribution in [-0.2, 0) is 14.6 Å². The van der Waals surface area contributed by atoms with Gasteiger partial charge in [-0.2, -0.15) is 0 Å². The molecule has 6 heteroatoms. The van der Waals surface area contributed by atoms with E-state index in [1.54, 1.807) is 0 Å². The van der Waals surface area contributed by atoms with Crippen LogP contribution in [0.5, 0.6) is 0 Å². The Hall–Kier alpha value is -0.780. The molecule has 1 rings (SSSR count). The molecule has 0 radical (unpaired) electrons. The van der Waals surface area contributed by atoms with E-state index in [0.29, 0.717) is 13.0 Å². The third-order valence-corrected chi connectivity index (χ3v) is 2.53. The number of amidine groups is 1. The number of hydrogen-bond acceptors (Lipinski definition) is 5. The van der Waals surface area contributed by atoms with Crippen molar-refractivity contribution in [1.29, 1.82) is 0 Å². The van der Waals surface area contributed by atoms with Gasteiger partial charge >= 0.3 is 0 Å². The molecular formula is C6H12N2O3S. The van der Waals surface area contributed by atoms with Gasteiger partial charge in [0.2, 0.25) is 0 Å². The Morgan fingerprint density at radius 3 is 2.83 bits per heavy atom. The number of aliphatic imine (C=N–C) groups is 1. The van der Waals surface area contributed by atoms with Crippen molar-refractivity contribution in [2.75, 3.05) is 18.6 Å². The van der Waals surface area contributed by atoms with Gasteiger partial charge in [-0.05, 0) is 6.42 Å². The Morgan fingerprint density at radius 1 is 1.75 bits per heavy atom. The van der Waals surface area contributed by atoms with Crippen molar-refractivity contribution < 1.29 is 13.2 Å². The second-order valence-electron chi connectivity index (χ2n) is 2.85. The average molecular weight is 192 g/mol. The predicted octanol–water partition coefficient (Wildman–Crippen LogP) is -0.865. The largest absolute Gasteiger partial charge is 0.463 e. The number of ether oxygens (including phenoxy) is 1. The number of hydrogen-bond donors (Lipinski definition) is 1. The number of nitrogens with zero attached hydrogens (tertiary/aromatic N) is 1. The predicted molar refractivity (Wildman–Crippen MR) is 45.7 cm³/mol. The fourth-order valence-corrected chi connectivity index (χ4v) is 1.63. The summed E-state index contributed by atoms with van der Waals surface area (Å²) in [6, 6.07) is 0.0771. The van der Waals surface area contributed by atoms with E-state index in [0.717, 1.165) is 0 Å². The van der Waals surface area contributed by atoms with Gasteiger partial charge in [0.25, 0.3) is 6.02 Å². The molecule has 0 aliphatic carbocycles. The summed E-state index contributed by atoms with van der Waals surface area (Å²) in [7, 11) is -2.89. The van der Waals surface area contributed by atoms with Crippen LogP contribution in [0.1, 0.15) is 6.42 Å². The smallest absolute Gasteiger partial charge is 0.282 e. The van der Waals surface area contributed by atoms with E-state index in [1.165, 1.54) is 6.26 Å². The van der Waals surface area contributed by atoms with Gasteiger partial charge in [0.1, 0.15) is 16.4 Å². The van der Waals surface area contributed by atoms with Crippen molar-refractivity contribution >= 4 is 15.9 Å². The molecule has 0 aromatic heterocycles. The molecule has 1 aliphatic heterocycles. The molecule has 2 N–H and O–H groups in total. The first-order valence-electron chi connectivity index (χ1n) is 3.61. The highest BCUT2D eigenvalue weighted by Crippen LogP contribution is 2.07. The highest BCUT2D eigenvalue weighted by Gasteiger charge is 2.17. The third kappa shape index (κ3) is 3.08. The molecule has 0 aromatic carbocycles. The summed E-state index contributed by atoms with van der Waals surface area (Å²) in [6.07, 6.45) is 1.69. The molecule has 0 amide bonds. The summed E-state index contributed by atoms with van der Waals surface area (Å²) in [5.41, 5.74) is 5.24. The molecule has 12 heavy (non-hydrogen) atoms. The monoisotopic (exact) mass is 192 g/mol. The van der Waals surface area contributed by atoms with Crippen LogP contribution in [0.15, 0.2) is 4.99 Å². The second-order valence-corrected chi connectivity index (χ2v) is 5.11. The molecule has 0 spiro atoms. The van der Waals surface area contributed by atoms with Crippen molar-refractivity contribution in [3.63, 3.8) is 0 Å². The van der Waals surface area contributed by atoms with Gasteiger partial charge in [-0.3, -0.25) is 0 Å². The number of sulfone groups is 1. The molecule has 1 heterocycles. The first kappa shape index (κ1) is 9.31. The Labute approximate surface area is 71.5 Å².